The molecule has 0 saturated carbocycles. The number of nitrogens with zero attached hydrogens (tertiary/aromatic N) is 3. The Bertz CT molecular complexity index is 998. The van der Waals surface area contributed by atoms with Gasteiger partial charge in [0.2, 0.25) is 0 Å². The van der Waals surface area contributed by atoms with E-state index in [1.165, 1.54) is 7.11 Å². The van der Waals surface area contributed by atoms with Gasteiger partial charge in [0.25, 0.3) is 0 Å². The highest BCUT2D eigenvalue weighted by molar-refractivity contribution is 5.91. The van der Waals surface area contributed by atoms with Crippen LogP contribution in [-0.2, 0) is 9.47 Å². The summed E-state index contributed by atoms with van der Waals surface area (Å²) in [4.78, 5) is 23.5. The van der Waals surface area contributed by atoms with Gasteiger partial charge in [-0.3, -0.25) is 4.98 Å². The van der Waals surface area contributed by atoms with Gasteiger partial charge in [-0.05, 0) is 42.2 Å². The molecule has 1 aromatic carbocycles. The monoisotopic (exact) mass is 403 g/mol. The molecule has 0 bridgehead atoms. The van der Waals surface area contributed by atoms with Crippen molar-refractivity contribution in [1.29, 1.82) is 0 Å². The van der Waals surface area contributed by atoms with Crippen LogP contribution in [0.15, 0.2) is 60.9 Å². The van der Waals surface area contributed by atoms with Crippen molar-refractivity contribution >= 4 is 11.8 Å². The van der Waals surface area contributed by atoms with Gasteiger partial charge in [-0.2, -0.15) is 0 Å². The van der Waals surface area contributed by atoms with Crippen molar-refractivity contribution in [3.8, 4) is 22.4 Å². The maximum atomic E-state index is 12.3. The number of ether oxygens (including phenoxy) is 2. The van der Waals surface area contributed by atoms with Gasteiger partial charge in [0.15, 0.2) is 0 Å². The molecule has 6 heteroatoms. The fourth-order valence-corrected chi connectivity index (χ4v) is 3.75. The topological polar surface area (TPSA) is 64.5 Å². The molecule has 0 aliphatic carbocycles. The number of pyridine rings is 2. The number of hydrogen-bond donors (Lipinski definition) is 0. The summed E-state index contributed by atoms with van der Waals surface area (Å²) in [5.74, 6) is 0.428. The van der Waals surface area contributed by atoms with Crippen LogP contribution in [0.1, 0.15) is 23.2 Å². The van der Waals surface area contributed by atoms with Gasteiger partial charge >= 0.3 is 5.97 Å². The maximum absolute atomic E-state index is 12.3. The van der Waals surface area contributed by atoms with Crippen LogP contribution in [-0.4, -0.2) is 49.4 Å². The highest BCUT2D eigenvalue weighted by Crippen LogP contribution is 2.28. The first kappa shape index (κ1) is 20.0. The van der Waals surface area contributed by atoms with Crippen LogP contribution < -0.4 is 4.90 Å². The lowest BCUT2D eigenvalue weighted by Crippen LogP contribution is -2.37. The first-order chi connectivity index (χ1) is 14.7. The summed E-state index contributed by atoms with van der Waals surface area (Å²) in [7, 11) is 3.15. The van der Waals surface area contributed by atoms with Gasteiger partial charge < -0.3 is 14.4 Å². The molecule has 1 saturated heterocycles. The summed E-state index contributed by atoms with van der Waals surface area (Å²) in [5.41, 5.74) is 4.34. The zero-order chi connectivity index (χ0) is 20.9. The van der Waals surface area contributed by atoms with Gasteiger partial charge in [-0.1, -0.05) is 30.3 Å². The fraction of sp³-hybridized carbons (Fsp3) is 0.292. The molecule has 0 amide bonds. The molecular formula is C24H25N3O3. The molecule has 0 unspecified atom stereocenters. The Balaban J connectivity index is 1.66. The van der Waals surface area contributed by atoms with E-state index in [9.17, 15) is 4.79 Å². The number of esters is 1. The first-order valence-corrected chi connectivity index (χ1v) is 10.1. The van der Waals surface area contributed by atoms with E-state index in [0.29, 0.717) is 5.56 Å². The molecule has 6 nitrogen and oxygen atoms in total. The van der Waals surface area contributed by atoms with Gasteiger partial charge in [0.1, 0.15) is 5.82 Å². The summed E-state index contributed by atoms with van der Waals surface area (Å²) in [6.45, 7) is 1.69. The smallest absolute Gasteiger partial charge is 0.338 e. The summed E-state index contributed by atoms with van der Waals surface area (Å²) in [6.07, 6.45) is 5.76. The van der Waals surface area contributed by atoms with Crippen LogP contribution in [0.3, 0.4) is 0 Å². The predicted molar refractivity (Wildman–Crippen MR) is 116 cm³/mol. The normalized spacial score (nSPS) is 14.5. The van der Waals surface area contributed by atoms with Crippen LogP contribution in [0.2, 0.25) is 0 Å². The molecule has 1 aliphatic heterocycles. The maximum Gasteiger partial charge on any atom is 0.338 e. The number of anilines is 1. The summed E-state index contributed by atoms with van der Waals surface area (Å²) in [5, 5.41) is 0. The summed E-state index contributed by atoms with van der Waals surface area (Å²) < 4.78 is 10.4. The van der Waals surface area contributed by atoms with Crippen molar-refractivity contribution in [3.05, 3.63) is 66.5 Å². The number of rotatable bonds is 5. The van der Waals surface area contributed by atoms with Crippen molar-refractivity contribution < 1.29 is 14.3 Å². The van der Waals surface area contributed by atoms with Crippen LogP contribution in [0.4, 0.5) is 5.82 Å². The number of methoxy groups -OCH3 is 2. The van der Waals surface area contributed by atoms with E-state index in [0.717, 1.165) is 54.1 Å². The third kappa shape index (κ3) is 4.33. The molecule has 154 valence electrons. The quantitative estimate of drug-likeness (QED) is 0.595. The average Bonchev–Trinajstić information content (AvgIpc) is 2.84. The van der Waals surface area contributed by atoms with Crippen LogP contribution in [0.25, 0.3) is 22.4 Å². The van der Waals surface area contributed by atoms with E-state index in [2.05, 4.69) is 9.88 Å². The zero-order valence-corrected chi connectivity index (χ0v) is 17.2. The van der Waals surface area contributed by atoms with Crippen LogP contribution >= 0.6 is 0 Å². The Labute approximate surface area is 176 Å². The highest BCUT2D eigenvalue weighted by atomic mass is 16.5. The standard InChI is InChI=1S/C24H25N3O3/c1-29-21-9-12-27(13-10-21)23-15-20(24(28)30-2)14-22(26-23)18-7-5-17(6-8-18)19-4-3-11-25-16-19/h3-8,11,14-16,21H,9-10,12-13H2,1-2H3. The summed E-state index contributed by atoms with van der Waals surface area (Å²) >= 11 is 0. The van der Waals surface area contributed by atoms with E-state index in [4.69, 9.17) is 14.5 Å². The minimum Gasteiger partial charge on any atom is -0.465 e. The number of carbonyl (C=O) groups is 1. The molecule has 1 aliphatic rings. The second-order valence-electron chi connectivity index (χ2n) is 7.33. The Morgan fingerprint density at radius 1 is 1.00 bits per heavy atom. The first-order valence-electron chi connectivity index (χ1n) is 10.1. The predicted octanol–water partition coefficient (Wildman–Crippen LogP) is 4.21. The zero-order valence-electron chi connectivity index (χ0n) is 17.2. The van der Waals surface area contributed by atoms with Gasteiger partial charge in [-0.25, -0.2) is 9.78 Å². The van der Waals surface area contributed by atoms with Crippen molar-refractivity contribution in [1.82, 2.24) is 9.97 Å². The van der Waals surface area contributed by atoms with E-state index < -0.39 is 0 Å². The molecule has 3 aromatic rings. The largest absolute Gasteiger partial charge is 0.465 e. The molecule has 4 rings (SSSR count). The third-order valence-corrected chi connectivity index (χ3v) is 5.51. The molecule has 3 heterocycles. The SMILES string of the molecule is COC(=O)c1cc(-c2ccc(-c3cccnc3)cc2)nc(N2CCC(OC)CC2)c1. The minimum atomic E-state index is -0.362. The molecule has 0 radical (unpaired) electrons. The average molecular weight is 403 g/mol. The van der Waals surface area contributed by atoms with E-state index >= 15 is 0 Å². The molecule has 2 aromatic heterocycles. The lowest BCUT2D eigenvalue weighted by atomic mass is 10.0. The third-order valence-electron chi connectivity index (χ3n) is 5.51. The van der Waals surface area contributed by atoms with Crippen molar-refractivity contribution in [2.24, 2.45) is 0 Å². The Hall–Kier alpha value is -3.25. The number of aromatic nitrogens is 2. The Morgan fingerprint density at radius 2 is 1.73 bits per heavy atom. The van der Waals surface area contributed by atoms with E-state index in [1.54, 1.807) is 19.4 Å². The molecule has 1 fully saturated rings. The molecular weight excluding hydrogens is 378 g/mol. The van der Waals surface area contributed by atoms with Crippen LogP contribution in [0, 0.1) is 0 Å². The number of piperidine rings is 1. The van der Waals surface area contributed by atoms with Crippen molar-refractivity contribution in [3.63, 3.8) is 0 Å². The minimum absolute atomic E-state index is 0.282. The Morgan fingerprint density at radius 3 is 2.37 bits per heavy atom. The lowest BCUT2D eigenvalue weighted by molar-refractivity contribution is 0.0600. The van der Waals surface area contributed by atoms with Gasteiger partial charge in [-0.15, -0.1) is 0 Å². The lowest BCUT2D eigenvalue weighted by Gasteiger charge is -2.32. The molecule has 0 atom stereocenters. The number of hydrogen-bond acceptors (Lipinski definition) is 6. The van der Waals surface area contributed by atoms with E-state index in [1.807, 2.05) is 48.7 Å². The van der Waals surface area contributed by atoms with Gasteiger partial charge in [0.05, 0.1) is 24.5 Å². The highest BCUT2D eigenvalue weighted by Gasteiger charge is 2.22. The van der Waals surface area contributed by atoms with Gasteiger partial charge in [0, 0.05) is 38.2 Å². The van der Waals surface area contributed by atoms with Crippen molar-refractivity contribution in [2.75, 3.05) is 32.2 Å². The second kappa shape index (κ2) is 9.05. The second-order valence-corrected chi connectivity index (χ2v) is 7.33. The van der Waals surface area contributed by atoms with E-state index in [-0.39, 0.29) is 12.1 Å². The fourth-order valence-electron chi connectivity index (χ4n) is 3.75. The molecule has 30 heavy (non-hydrogen) atoms. The van der Waals surface area contributed by atoms with Crippen LogP contribution in [0.5, 0.6) is 0 Å². The molecule has 0 N–H and O–H groups in total. The Kier molecular flexibility index (Phi) is 6.05. The van der Waals surface area contributed by atoms with Crippen molar-refractivity contribution in [2.45, 2.75) is 18.9 Å². The number of benzene rings is 1. The summed E-state index contributed by atoms with van der Waals surface area (Å²) in [6, 6.07) is 15.7. The molecule has 0 spiro atoms. The number of carbonyl (C=O) groups excluding carboxylic acids is 1.